The van der Waals surface area contributed by atoms with Crippen molar-refractivity contribution in [1.29, 1.82) is 5.26 Å². The number of nitriles is 1. The van der Waals surface area contributed by atoms with Crippen LogP contribution in [0, 0.1) is 11.3 Å². The van der Waals surface area contributed by atoms with E-state index in [9.17, 15) is 9.90 Å². The minimum atomic E-state index is -1.12. The molecule has 6 heteroatoms. The first kappa shape index (κ1) is 13.9. The van der Waals surface area contributed by atoms with Gasteiger partial charge in [-0.25, -0.2) is 14.7 Å². The minimum absolute atomic E-state index is 0.265. The summed E-state index contributed by atoms with van der Waals surface area (Å²) in [6, 6.07) is 12.8. The van der Waals surface area contributed by atoms with Gasteiger partial charge >= 0.3 is 6.09 Å². The van der Waals surface area contributed by atoms with Crippen molar-refractivity contribution >= 4 is 23.3 Å². The lowest BCUT2D eigenvalue weighted by atomic mass is 10.2. The van der Waals surface area contributed by atoms with Crippen molar-refractivity contribution < 1.29 is 9.90 Å². The summed E-state index contributed by atoms with van der Waals surface area (Å²) in [5.41, 5.74) is 1.54. The molecule has 1 fully saturated rings. The van der Waals surface area contributed by atoms with E-state index in [2.05, 4.69) is 16.4 Å². The number of amides is 1. The van der Waals surface area contributed by atoms with E-state index in [0.717, 1.165) is 17.7 Å². The molecule has 1 aromatic heterocycles. The molecule has 1 amide bonds. The number of pyridine rings is 1. The number of nitrogens with one attached hydrogen (secondary N) is 1. The standard InChI is InChI=1S/C16H14N4O2/c17-9-11-10-18-15(8-14(11)19-12-6-7-12)20(16(21)22)13-4-2-1-3-5-13/h1-5,8,10,12H,6-7H2,(H,18,19)(H,21,22). The second kappa shape index (κ2) is 5.74. The number of carboxylic acid groups (broad SMARTS) is 1. The maximum atomic E-state index is 11.6. The normalized spacial score (nSPS) is 13.2. The molecule has 1 aromatic carbocycles. The summed E-state index contributed by atoms with van der Waals surface area (Å²) >= 11 is 0. The van der Waals surface area contributed by atoms with Gasteiger partial charge in [-0.3, -0.25) is 0 Å². The van der Waals surface area contributed by atoms with Gasteiger partial charge in [-0.2, -0.15) is 5.26 Å². The van der Waals surface area contributed by atoms with Gasteiger partial charge in [0.2, 0.25) is 0 Å². The quantitative estimate of drug-likeness (QED) is 0.902. The zero-order valence-electron chi connectivity index (χ0n) is 11.7. The van der Waals surface area contributed by atoms with E-state index >= 15 is 0 Å². The van der Waals surface area contributed by atoms with Crippen LogP contribution in [0.4, 0.5) is 22.0 Å². The van der Waals surface area contributed by atoms with Crippen LogP contribution >= 0.6 is 0 Å². The average Bonchev–Trinajstić information content (AvgIpc) is 3.32. The fourth-order valence-electron chi connectivity index (χ4n) is 2.14. The SMILES string of the molecule is N#Cc1cnc(N(C(=O)O)c2ccccc2)cc1NC1CC1. The lowest BCUT2D eigenvalue weighted by Crippen LogP contribution is -2.24. The van der Waals surface area contributed by atoms with Crippen LogP contribution in [0.3, 0.4) is 0 Å². The van der Waals surface area contributed by atoms with Gasteiger partial charge in [-0.15, -0.1) is 0 Å². The molecule has 1 aliphatic rings. The van der Waals surface area contributed by atoms with E-state index in [4.69, 9.17) is 5.26 Å². The number of aromatic nitrogens is 1. The molecule has 0 spiro atoms. The Morgan fingerprint density at radius 3 is 2.68 bits per heavy atom. The third kappa shape index (κ3) is 2.83. The lowest BCUT2D eigenvalue weighted by Gasteiger charge is -2.19. The molecule has 6 nitrogen and oxygen atoms in total. The summed E-state index contributed by atoms with van der Waals surface area (Å²) in [6.07, 6.45) is 2.40. The number of benzene rings is 1. The number of nitrogens with zero attached hydrogens (tertiary/aromatic N) is 3. The first-order valence-corrected chi connectivity index (χ1v) is 6.94. The molecule has 1 saturated carbocycles. The number of anilines is 3. The van der Waals surface area contributed by atoms with Gasteiger partial charge < -0.3 is 10.4 Å². The van der Waals surface area contributed by atoms with E-state index < -0.39 is 6.09 Å². The fraction of sp³-hybridized carbons (Fsp3) is 0.188. The smallest absolute Gasteiger partial charge is 0.417 e. The molecule has 2 aromatic rings. The van der Waals surface area contributed by atoms with Crippen molar-refractivity contribution in [2.24, 2.45) is 0 Å². The molecule has 110 valence electrons. The molecule has 0 atom stereocenters. The van der Waals surface area contributed by atoms with Crippen LogP contribution in [0.2, 0.25) is 0 Å². The van der Waals surface area contributed by atoms with Crippen LogP contribution in [0.15, 0.2) is 42.6 Å². The lowest BCUT2D eigenvalue weighted by molar-refractivity contribution is 0.204. The third-order valence-corrected chi connectivity index (χ3v) is 3.38. The van der Waals surface area contributed by atoms with Gasteiger partial charge in [0.1, 0.15) is 11.9 Å². The maximum absolute atomic E-state index is 11.6. The molecule has 0 aliphatic heterocycles. The Kier molecular flexibility index (Phi) is 3.62. The topological polar surface area (TPSA) is 89.2 Å². The Labute approximate surface area is 127 Å². The van der Waals surface area contributed by atoms with Crippen molar-refractivity contribution in [3.05, 3.63) is 48.2 Å². The van der Waals surface area contributed by atoms with Crippen LogP contribution in [0.5, 0.6) is 0 Å². The molecular weight excluding hydrogens is 280 g/mol. The van der Waals surface area contributed by atoms with Crippen LogP contribution in [-0.4, -0.2) is 22.2 Å². The van der Waals surface area contributed by atoms with Crippen molar-refractivity contribution in [2.75, 3.05) is 10.2 Å². The Morgan fingerprint density at radius 2 is 2.09 bits per heavy atom. The predicted octanol–water partition coefficient (Wildman–Crippen LogP) is 3.34. The molecule has 1 aliphatic carbocycles. The monoisotopic (exact) mass is 294 g/mol. The largest absolute Gasteiger partial charge is 0.464 e. The fourth-order valence-corrected chi connectivity index (χ4v) is 2.14. The highest BCUT2D eigenvalue weighted by atomic mass is 16.4. The van der Waals surface area contributed by atoms with Crippen molar-refractivity contribution in [1.82, 2.24) is 4.98 Å². The van der Waals surface area contributed by atoms with Crippen LogP contribution < -0.4 is 10.2 Å². The van der Waals surface area contributed by atoms with E-state index in [1.165, 1.54) is 6.20 Å². The zero-order valence-corrected chi connectivity index (χ0v) is 11.7. The highest BCUT2D eigenvalue weighted by Gasteiger charge is 2.24. The number of carbonyl (C=O) groups is 1. The Morgan fingerprint density at radius 1 is 1.36 bits per heavy atom. The van der Waals surface area contributed by atoms with Crippen molar-refractivity contribution in [3.8, 4) is 6.07 Å². The number of para-hydroxylation sites is 1. The van der Waals surface area contributed by atoms with Crippen molar-refractivity contribution in [2.45, 2.75) is 18.9 Å². The minimum Gasteiger partial charge on any atom is -0.464 e. The van der Waals surface area contributed by atoms with Crippen LogP contribution in [0.25, 0.3) is 0 Å². The summed E-state index contributed by atoms with van der Waals surface area (Å²) in [6.45, 7) is 0. The zero-order chi connectivity index (χ0) is 15.5. The molecular formula is C16H14N4O2. The van der Waals surface area contributed by atoms with Gasteiger partial charge in [0, 0.05) is 18.3 Å². The molecule has 22 heavy (non-hydrogen) atoms. The number of hydrogen-bond acceptors (Lipinski definition) is 4. The highest BCUT2D eigenvalue weighted by Crippen LogP contribution is 2.30. The summed E-state index contributed by atoms with van der Waals surface area (Å²) in [4.78, 5) is 16.8. The summed E-state index contributed by atoms with van der Waals surface area (Å²) < 4.78 is 0. The molecule has 0 saturated heterocycles. The average molecular weight is 294 g/mol. The summed E-state index contributed by atoms with van der Waals surface area (Å²) in [5, 5.41) is 21.9. The Balaban J connectivity index is 2.01. The second-order valence-electron chi connectivity index (χ2n) is 5.07. The van der Waals surface area contributed by atoms with E-state index in [0.29, 0.717) is 23.0 Å². The summed E-state index contributed by atoms with van der Waals surface area (Å²) in [5.74, 6) is 0.265. The Hall–Kier alpha value is -3.07. The van der Waals surface area contributed by atoms with Crippen LogP contribution in [0.1, 0.15) is 18.4 Å². The first-order chi connectivity index (χ1) is 10.7. The predicted molar refractivity (Wildman–Crippen MR) is 82.2 cm³/mol. The van der Waals surface area contributed by atoms with Gasteiger partial charge in [0.05, 0.1) is 16.9 Å². The van der Waals surface area contributed by atoms with Gasteiger partial charge in [0.25, 0.3) is 0 Å². The Bertz CT molecular complexity index is 736. The molecule has 3 rings (SSSR count). The highest BCUT2D eigenvalue weighted by molar-refractivity contribution is 5.94. The van der Waals surface area contributed by atoms with Gasteiger partial charge in [-0.1, -0.05) is 18.2 Å². The van der Waals surface area contributed by atoms with Gasteiger partial charge in [0.15, 0.2) is 0 Å². The van der Waals surface area contributed by atoms with E-state index in [-0.39, 0.29) is 5.82 Å². The first-order valence-electron chi connectivity index (χ1n) is 6.94. The molecule has 1 heterocycles. The number of rotatable bonds is 4. The number of hydrogen-bond donors (Lipinski definition) is 2. The maximum Gasteiger partial charge on any atom is 0.417 e. The molecule has 2 N–H and O–H groups in total. The van der Waals surface area contributed by atoms with Gasteiger partial charge in [-0.05, 0) is 25.0 Å². The third-order valence-electron chi connectivity index (χ3n) is 3.38. The van der Waals surface area contributed by atoms with Crippen molar-refractivity contribution in [3.63, 3.8) is 0 Å². The molecule has 0 radical (unpaired) electrons. The van der Waals surface area contributed by atoms with E-state index in [1.54, 1.807) is 30.3 Å². The van der Waals surface area contributed by atoms with E-state index in [1.807, 2.05) is 6.07 Å². The molecule has 0 bridgehead atoms. The molecule has 0 unspecified atom stereocenters. The second-order valence-corrected chi connectivity index (χ2v) is 5.07. The van der Waals surface area contributed by atoms with Crippen LogP contribution in [-0.2, 0) is 0 Å². The summed E-state index contributed by atoms with van der Waals surface area (Å²) in [7, 11) is 0.